The Morgan fingerprint density at radius 3 is 1.80 bits per heavy atom. The molecule has 0 saturated heterocycles. The van der Waals surface area contributed by atoms with E-state index in [4.69, 9.17) is 19.7 Å². The van der Waals surface area contributed by atoms with Crippen molar-refractivity contribution < 1.29 is 4.42 Å². The van der Waals surface area contributed by atoms with Crippen LogP contribution in [0.5, 0.6) is 0 Å². The third-order valence-corrected chi connectivity index (χ3v) is 15.4. The first-order valence-electron chi connectivity index (χ1n) is 23.4. The van der Waals surface area contributed by atoms with Gasteiger partial charge < -0.3 is 19.3 Å². The normalized spacial score (nSPS) is 14.2. The first-order valence-corrected chi connectivity index (χ1v) is 24.2. The first-order chi connectivity index (χ1) is 34.2. The summed E-state index contributed by atoms with van der Waals surface area (Å²) in [7, 11) is 0. The Labute approximate surface area is 399 Å². The number of rotatable bonds is 5. The van der Waals surface area contributed by atoms with E-state index in [-0.39, 0.29) is 0 Å². The lowest BCUT2D eigenvalue weighted by molar-refractivity contribution is 0.668. The number of fused-ring (bicyclic) bond motifs is 15. The van der Waals surface area contributed by atoms with Crippen LogP contribution in [0.15, 0.2) is 233 Å². The highest BCUT2D eigenvalue weighted by Gasteiger charge is 2.22. The Morgan fingerprint density at radius 1 is 0.435 bits per heavy atom. The second-order valence-corrected chi connectivity index (χ2v) is 19.0. The van der Waals surface area contributed by atoms with Gasteiger partial charge in [-0.1, -0.05) is 176 Å². The average Bonchev–Trinajstić information content (AvgIpc) is 4.11. The molecule has 0 bridgehead atoms. The average molecular weight is 898 g/mol. The fourth-order valence-corrected chi connectivity index (χ4v) is 12.4. The van der Waals surface area contributed by atoms with Crippen LogP contribution in [0.2, 0.25) is 0 Å². The van der Waals surface area contributed by atoms with Crippen molar-refractivity contribution in [1.29, 1.82) is 0 Å². The van der Waals surface area contributed by atoms with Crippen LogP contribution < -0.4 is 0 Å². The summed E-state index contributed by atoms with van der Waals surface area (Å²) >= 11 is 1.86. The predicted octanol–water partition coefficient (Wildman–Crippen LogP) is 17.5. The summed E-state index contributed by atoms with van der Waals surface area (Å²) in [5.74, 6) is 1.30. The maximum absolute atomic E-state index is 6.67. The van der Waals surface area contributed by atoms with Gasteiger partial charge in [0.1, 0.15) is 11.2 Å². The molecule has 0 aliphatic carbocycles. The molecule has 6 heteroatoms. The number of hydrogen-bond acceptors (Lipinski definition) is 4. The summed E-state index contributed by atoms with van der Waals surface area (Å²) in [6.45, 7) is 0. The van der Waals surface area contributed by atoms with Gasteiger partial charge in [0.15, 0.2) is 0 Å². The molecule has 3 aromatic heterocycles. The summed E-state index contributed by atoms with van der Waals surface area (Å²) in [6.07, 6.45) is -0.576. The molecule has 0 spiro atoms. The highest BCUT2D eigenvalue weighted by atomic mass is 32.1. The van der Waals surface area contributed by atoms with E-state index in [9.17, 15) is 0 Å². The highest BCUT2D eigenvalue weighted by Crippen LogP contribution is 2.46. The third kappa shape index (κ3) is 5.76. The molecule has 0 radical (unpaired) electrons. The quantitative estimate of drug-likeness (QED) is 0.159. The molecule has 322 valence electrons. The van der Waals surface area contributed by atoms with Crippen molar-refractivity contribution in [3.05, 3.63) is 240 Å². The van der Waals surface area contributed by atoms with Crippen molar-refractivity contribution >= 4 is 119 Å². The Morgan fingerprint density at radius 2 is 1.04 bits per heavy atom. The van der Waals surface area contributed by atoms with E-state index in [1.54, 1.807) is 0 Å². The maximum atomic E-state index is 6.67. The Balaban J connectivity index is 0.886. The van der Waals surface area contributed by atoms with Crippen LogP contribution in [-0.2, 0) is 0 Å². The smallest absolute Gasteiger partial charge is 0.135 e. The molecular weight excluding hydrogens is 861 g/mol. The van der Waals surface area contributed by atoms with Crippen molar-refractivity contribution in [3.63, 3.8) is 0 Å². The molecule has 1 atom stereocenters. The van der Waals surface area contributed by atoms with Gasteiger partial charge in [-0.25, -0.2) is 0 Å². The number of thiophene rings is 1. The van der Waals surface area contributed by atoms with Crippen molar-refractivity contribution in [2.45, 2.75) is 6.17 Å². The van der Waals surface area contributed by atoms with E-state index < -0.39 is 6.17 Å². The number of benzene rings is 11. The minimum absolute atomic E-state index is 0.576. The molecule has 11 aromatic carbocycles. The highest BCUT2D eigenvalue weighted by molar-refractivity contribution is 7.26. The van der Waals surface area contributed by atoms with Crippen molar-refractivity contribution in [3.8, 4) is 16.8 Å². The molecule has 0 amide bonds. The summed E-state index contributed by atoms with van der Waals surface area (Å²) < 4.78 is 11.6. The molecule has 1 aliphatic rings. The van der Waals surface area contributed by atoms with Crippen LogP contribution in [0.4, 0.5) is 0 Å². The third-order valence-electron chi connectivity index (χ3n) is 14.2. The largest absolute Gasteiger partial charge is 0.456 e. The van der Waals surface area contributed by atoms with Gasteiger partial charge in [-0.3, -0.25) is 4.99 Å². The second-order valence-electron chi connectivity index (χ2n) is 17.9. The summed E-state index contributed by atoms with van der Waals surface area (Å²) in [5.41, 5.74) is 10.4. The molecule has 69 heavy (non-hydrogen) atoms. The number of para-hydroxylation sites is 2. The Bertz CT molecular complexity index is 4450. The van der Waals surface area contributed by atoms with Crippen LogP contribution in [0, 0.1) is 0 Å². The predicted molar refractivity (Wildman–Crippen MR) is 291 cm³/mol. The van der Waals surface area contributed by atoms with Crippen LogP contribution in [0.25, 0.3) is 118 Å². The van der Waals surface area contributed by atoms with Gasteiger partial charge in [-0.15, -0.1) is 11.3 Å². The molecule has 5 nitrogen and oxygen atoms in total. The SMILES string of the molecule is c1ccc(C2=NC(c3cccc4oc5ccc(-c6cccc7sc8c(-n9c%10ccccc%10c%10ccccc%109)cccc8c67)cc5c34)[N-]C(c3ccc4c5ccccc5c5ccccc5c4c3)=N2)cc1. The summed E-state index contributed by atoms with van der Waals surface area (Å²) in [4.78, 5) is 10.5. The number of nitrogens with zero attached hydrogens (tertiary/aromatic N) is 4. The van der Waals surface area contributed by atoms with Crippen molar-refractivity contribution in [1.82, 2.24) is 4.57 Å². The Kier molecular flexibility index (Phi) is 8.23. The standard InChI is InChI=1S/C63H37N4OS/c1-2-15-37(16-3-1)61-64-62(39-31-33-45-43-19-5-4-17-41(43)42-18-6-7-20-44(42)50(45)36-39)66-63(65-61)49-25-13-29-56-58(49)51-35-38(32-34-55(51)68-56)40-23-14-30-57-59(40)48-24-12-28-54(60(48)69-57)67-52-26-10-8-21-46(52)47-22-9-11-27-53(47)67/h1-36,63H/q-1. The van der Waals surface area contributed by atoms with Crippen LogP contribution in [0.1, 0.15) is 22.9 Å². The van der Waals surface area contributed by atoms with E-state index in [1.807, 2.05) is 29.5 Å². The molecule has 0 saturated carbocycles. The fourth-order valence-electron chi connectivity index (χ4n) is 11.1. The molecule has 15 rings (SSSR count). The van der Waals surface area contributed by atoms with Crippen molar-refractivity contribution in [2.24, 2.45) is 9.98 Å². The number of aromatic nitrogens is 1. The number of hydrogen-bond donors (Lipinski definition) is 0. The second kappa shape index (κ2) is 14.8. The maximum Gasteiger partial charge on any atom is 0.135 e. The molecular formula is C63H37N4OS-. The van der Waals surface area contributed by atoms with Crippen LogP contribution in [-0.4, -0.2) is 16.2 Å². The Hall–Kier alpha value is -8.84. The molecule has 1 unspecified atom stereocenters. The summed E-state index contributed by atoms with van der Waals surface area (Å²) in [6, 6.07) is 78.1. The van der Waals surface area contributed by atoms with Gasteiger partial charge in [0.05, 0.1) is 33.4 Å². The first kappa shape index (κ1) is 38.3. The minimum atomic E-state index is -0.576. The van der Waals surface area contributed by atoms with Gasteiger partial charge in [-0.05, 0) is 109 Å². The van der Waals surface area contributed by atoms with Gasteiger partial charge >= 0.3 is 0 Å². The summed E-state index contributed by atoms with van der Waals surface area (Å²) in [5, 5.41) is 19.8. The number of aliphatic imine (C=N–C) groups is 2. The zero-order valence-electron chi connectivity index (χ0n) is 37.0. The minimum Gasteiger partial charge on any atom is -0.456 e. The molecule has 0 N–H and O–H groups in total. The number of amidine groups is 2. The van der Waals surface area contributed by atoms with Gasteiger partial charge in [0, 0.05) is 37.0 Å². The molecule has 14 aromatic rings. The molecule has 0 fully saturated rings. The lowest BCUT2D eigenvalue weighted by Gasteiger charge is -2.33. The van der Waals surface area contributed by atoms with Gasteiger partial charge in [0.2, 0.25) is 0 Å². The van der Waals surface area contributed by atoms with E-state index in [0.717, 1.165) is 44.2 Å². The van der Waals surface area contributed by atoms with E-state index in [0.29, 0.717) is 11.7 Å². The molecule has 4 heterocycles. The zero-order valence-corrected chi connectivity index (χ0v) is 37.8. The fraction of sp³-hybridized carbons (Fsp3) is 0.0159. The van der Waals surface area contributed by atoms with Crippen LogP contribution >= 0.6 is 11.3 Å². The lowest BCUT2D eigenvalue weighted by atomic mass is 9.93. The van der Waals surface area contributed by atoms with Crippen molar-refractivity contribution in [2.75, 3.05) is 0 Å². The van der Waals surface area contributed by atoms with Crippen LogP contribution in [0.3, 0.4) is 0 Å². The zero-order chi connectivity index (χ0) is 45.2. The van der Waals surface area contributed by atoms with E-state index in [1.165, 1.54) is 85.5 Å². The van der Waals surface area contributed by atoms with Gasteiger partial charge in [0.25, 0.3) is 0 Å². The lowest BCUT2D eigenvalue weighted by Crippen LogP contribution is -2.16. The molecule has 1 aliphatic heterocycles. The van der Waals surface area contributed by atoms with Gasteiger partial charge in [-0.2, -0.15) is 0 Å². The topological polar surface area (TPSA) is 56.9 Å². The monoisotopic (exact) mass is 897 g/mol. The van der Waals surface area contributed by atoms with E-state index >= 15 is 0 Å². The number of furan rings is 1. The van der Waals surface area contributed by atoms with E-state index in [2.05, 4.69) is 205 Å².